The Hall–Kier alpha value is -0.920. The van der Waals surface area contributed by atoms with Crippen LogP contribution in [-0.4, -0.2) is 31.2 Å². The summed E-state index contributed by atoms with van der Waals surface area (Å²) in [6.45, 7) is 8.81. The van der Waals surface area contributed by atoms with Gasteiger partial charge in [0.25, 0.3) is 10.0 Å². The third kappa shape index (κ3) is 3.79. The number of nitrogens with zero attached hydrogens (tertiary/aromatic N) is 1. The fraction of sp³-hybridized carbons (Fsp3) is 0.727. The molecular weight excluding hydrogens is 252 g/mol. The average Bonchev–Trinajstić information content (AvgIpc) is 2.60. The standard InChI is InChI=1S/C11H22N4O2S/c1-5-6-12-7-10-9(4)13-14-11(10)18(16,17)15-8(2)3/h8,12,15H,5-7H2,1-4H3,(H,13,14). The van der Waals surface area contributed by atoms with E-state index >= 15 is 0 Å². The second kappa shape index (κ2) is 6.31. The van der Waals surface area contributed by atoms with E-state index in [0.29, 0.717) is 12.1 Å². The fourth-order valence-electron chi connectivity index (χ4n) is 1.62. The summed E-state index contributed by atoms with van der Waals surface area (Å²) in [5.74, 6) is 0. The summed E-state index contributed by atoms with van der Waals surface area (Å²) in [4.78, 5) is 0. The molecule has 0 unspecified atom stereocenters. The van der Waals surface area contributed by atoms with Crippen molar-refractivity contribution >= 4 is 10.0 Å². The van der Waals surface area contributed by atoms with Crippen LogP contribution in [0.2, 0.25) is 0 Å². The van der Waals surface area contributed by atoms with Crippen molar-refractivity contribution in [1.82, 2.24) is 20.2 Å². The van der Waals surface area contributed by atoms with Gasteiger partial charge in [0.1, 0.15) is 0 Å². The molecule has 0 fully saturated rings. The zero-order valence-electron chi connectivity index (χ0n) is 11.4. The zero-order chi connectivity index (χ0) is 13.8. The molecule has 0 bridgehead atoms. The monoisotopic (exact) mass is 274 g/mol. The lowest BCUT2D eigenvalue weighted by Crippen LogP contribution is -2.31. The first-order valence-electron chi connectivity index (χ1n) is 6.15. The normalized spacial score (nSPS) is 12.3. The SMILES string of the molecule is CCCNCc1c(S(=O)(=O)NC(C)C)n[nH]c1C. The Kier molecular flexibility index (Phi) is 5.30. The topological polar surface area (TPSA) is 86.9 Å². The van der Waals surface area contributed by atoms with E-state index in [1.807, 2.05) is 6.92 Å². The summed E-state index contributed by atoms with van der Waals surface area (Å²) in [6, 6.07) is -0.150. The van der Waals surface area contributed by atoms with E-state index in [4.69, 9.17) is 0 Å². The average molecular weight is 274 g/mol. The number of aromatic amines is 1. The Morgan fingerprint density at radius 2 is 2.06 bits per heavy atom. The highest BCUT2D eigenvalue weighted by Crippen LogP contribution is 2.16. The number of hydrogen-bond acceptors (Lipinski definition) is 4. The molecule has 1 heterocycles. The molecule has 0 aliphatic carbocycles. The maximum atomic E-state index is 12.1. The van der Waals surface area contributed by atoms with Crippen LogP contribution in [0.4, 0.5) is 0 Å². The van der Waals surface area contributed by atoms with E-state index in [1.54, 1.807) is 13.8 Å². The summed E-state index contributed by atoms with van der Waals surface area (Å²) in [7, 11) is -3.54. The van der Waals surface area contributed by atoms with Gasteiger partial charge in [-0.15, -0.1) is 0 Å². The summed E-state index contributed by atoms with van der Waals surface area (Å²) in [6.07, 6.45) is 1.00. The van der Waals surface area contributed by atoms with E-state index in [9.17, 15) is 8.42 Å². The molecule has 104 valence electrons. The third-order valence-electron chi connectivity index (χ3n) is 2.41. The Bertz CT molecular complexity index is 479. The van der Waals surface area contributed by atoms with Gasteiger partial charge in [-0.25, -0.2) is 13.1 Å². The maximum absolute atomic E-state index is 12.1. The molecule has 0 aromatic carbocycles. The summed E-state index contributed by atoms with van der Waals surface area (Å²) in [5.41, 5.74) is 1.49. The molecule has 3 N–H and O–H groups in total. The molecule has 6 nitrogen and oxygen atoms in total. The minimum atomic E-state index is -3.54. The number of rotatable bonds is 7. The number of sulfonamides is 1. The second-order valence-corrected chi connectivity index (χ2v) is 6.21. The van der Waals surface area contributed by atoms with Crippen molar-refractivity contribution in [1.29, 1.82) is 0 Å². The van der Waals surface area contributed by atoms with Crippen molar-refractivity contribution < 1.29 is 8.42 Å². The van der Waals surface area contributed by atoms with Crippen molar-refractivity contribution in [3.8, 4) is 0 Å². The van der Waals surface area contributed by atoms with Gasteiger partial charge in [-0.2, -0.15) is 5.10 Å². The highest BCUT2D eigenvalue weighted by Gasteiger charge is 2.24. The minimum Gasteiger partial charge on any atom is -0.313 e. The minimum absolute atomic E-state index is 0.0947. The molecule has 0 saturated carbocycles. The Balaban J connectivity index is 2.95. The molecule has 0 spiro atoms. The molecule has 0 amide bonds. The lowest BCUT2D eigenvalue weighted by atomic mass is 10.2. The molecule has 1 aromatic rings. The first-order chi connectivity index (χ1) is 8.38. The summed E-state index contributed by atoms with van der Waals surface area (Å²) < 4.78 is 26.7. The van der Waals surface area contributed by atoms with E-state index < -0.39 is 10.0 Å². The largest absolute Gasteiger partial charge is 0.313 e. The quantitative estimate of drug-likeness (QED) is 0.645. The molecule has 0 radical (unpaired) electrons. The van der Waals surface area contributed by atoms with Gasteiger partial charge in [0.15, 0.2) is 5.03 Å². The van der Waals surface area contributed by atoms with Gasteiger partial charge in [0, 0.05) is 23.8 Å². The van der Waals surface area contributed by atoms with Gasteiger partial charge in [-0.05, 0) is 33.7 Å². The van der Waals surface area contributed by atoms with Crippen molar-refractivity contribution in [2.24, 2.45) is 0 Å². The zero-order valence-corrected chi connectivity index (χ0v) is 12.2. The van der Waals surface area contributed by atoms with Crippen LogP contribution < -0.4 is 10.0 Å². The van der Waals surface area contributed by atoms with Gasteiger partial charge < -0.3 is 5.32 Å². The van der Waals surface area contributed by atoms with Gasteiger partial charge in [-0.1, -0.05) is 6.92 Å². The van der Waals surface area contributed by atoms with E-state index in [2.05, 4.69) is 27.2 Å². The number of H-pyrrole nitrogens is 1. The Labute approximate surface area is 109 Å². The lowest BCUT2D eigenvalue weighted by Gasteiger charge is -2.09. The van der Waals surface area contributed by atoms with Crippen molar-refractivity contribution in [2.45, 2.75) is 51.7 Å². The molecule has 0 aliphatic rings. The number of aryl methyl sites for hydroxylation is 1. The molecule has 7 heteroatoms. The molecule has 0 atom stereocenters. The van der Waals surface area contributed by atoms with Crippen molar-refractivity contribution in [3.05, 3.63) is 11.3 Å². The molecule has 1 rings (SSSR count). The number of hydrogen-bond donors (Lipinski definition) is 3. The molecular formula is C11H22N4O2S. The van der Waals surface area contributed by atoms with Crippen LogP contribution in [0, 0.1) is 6.92 Å². The molecule has 0 saturated heterocycles. The maximum Gasteiger partial charge on any atom is 0.260 e. The molecule has 1 aromatic heterocycles. The van der Waals surface area contributed by atoms with Crippen LogP contribution in [0.3, 0.4) is 0 Å². The van der Waals surface area contributed by atoms with Crippen molar-refractivity contribution in [2.75, 3.05) is 6.54 Å². The van der Waals surface area contributed by atoms with E-state index in [-0.39, 0.29) is 11.1 Å². The number of nitrogens with one attached hydrogen (secondary N) is 3. The van der Waals surface area contributed by atoms with Crippen LogP contribution in [0.1, 0.15) is 38.4 Å². The lowest BCUT2D eigenvalue weighted by molar-refractivity contribution is 0.562. The van der Waals surface area contributed by atoms with Gasteiger partial charge in [0.05, 0.1) is 0 Å². The fourth-order valence-corrected chi connectivity index (χ4v) is 3.06. The highest BCUT2D eigenvalue weighted by molar-refractivity contribution is 7.89. The van der Waals surface area contributed by atoms with Gasteiger partial charge >= 0.3 is 0 Å². The van der Waals surface area contributed by atoms with E-state index in [1.165, 1.54) is 0 Å². The summed E-state index contributed by atoms with van der Waals surface area (Å²) >= 11 is 0. The van der Waals surface area contributed by atoms with Gasteiger partial charge in [-0.3, -0.25) is 5.10 Å². The summed E-state index contributed by atoms with van der Waals surface area (Å²) in [5, 5.41) is 9.92. The molecule has 18 heavy (non-hydrogen) atoms. The second-order valence-electron chi connectivity index (χ2n) is 4.59. The predicted octanol–water partition coefficient (Wildman–Crippen LogP) is 0.904. The van der Waals surface area contributed by atoms with Crippen LogP contribution >= 0.6 is 0 Å². The highest BCUT2D eigenvalue weighted by atomic mass is 32.2. The van der Waals surface area contributed by atoms with Gasteiger partial charge in [0.2, 0.25) is 0 Å². The predicted molar refractivity (Wildman–Crippen MR) is 70.8 cm³/mol. The Morgan fingerprint density at radius 1 is 1.39 bits per heavy atom. The van der Waals surface area contributed by atoms with E-state index in [0.717, 1.165) is 18.7 Å². The van der Waals surface area contributed by atoms with Crippen LogP contribution in [0.5, 0.6) is 0 Å². The first-order valence-corrected chi connectivity index (χ1v) is 7.63. The van der Waals surface area contributed by atoms with Crippen LogP contribution in [-0.2, 0) is 16.6 Å². The number of aromatic nitrogens is 2. The smallest absolute Gasteiger partial charge is 0.260 e. The van der Waals surface area contributed by atoms with Crippen molar-refractivity contribution in [3.63, 3.8) is 0 Å². The molecule has 0 aliphatic heterocycles. The van der Waals surface area contributed by atoms with Crippen LogP contribution in [0.15, 0.2) is 5.03 Å². The van der Waals surface area contributed by atoms with Crippen LogP contribution in [0.25, 0.3) is 0 Å². The Morgan fingerprint density at radius 3 is 2.61 bits per heavy atom. The third-order valence-corrected chi connectivity index (χ3v) is 4.04. The first kappa shape index (κ1) is 15.1.